The first-order valence-electron chi connectivity index (χ1n) is 4.91. The van der Waals surface area contributed by atoms with Crippen LogP contribution in [0.5, 0.6) is 0 Å². The summed E-state index contributed by atoms with van der Waals surface area (Å²) in [4.78, 5) is 16.5. The Kier molecular flexibility index (Phi) is 6.12. The lowest BCUT2D eigenvalue weighted by Crippen LogP contribution is -2.36. The highest BCUT2D eigenvalue weighted by atomic mass is 16.2. The van der Waals surface area contributed by atoms with Gasteiger partial charge in [-0.25, -0.2) is 0 Å². The van der Waals surface area contributed by atoms with Gasteiger partial charge in [-0.15, -0.1) is 0 Å². The summed E-state index contributed by atoms with van der Waals surface area (Å²) in [5.74, 6) is 0.104. The first kappa shape index (κ1) is 13.1. The number of nitrogens with zero attached hydrogens (tertiary/aromatic N) is 2. The number of aliphatic imine (C=N–C) groups is 1. The van der Waals surface area contributed by atoms with E-state index in [4.69, 9.17) is 0 Å². The molecule has 4 heteroatoms. The molecule has 0 saturated heterocycles. The zero-order chi connectivity index (χ0) is 11.1. The lowest BCUT2D eigenvalue weighted by Gasteiger charge is -2.20. The normalized spacial score (nSPS) is 14.6. The van der Waals surface area contributed by atoms with Crippen LogP contribution in [0.15, 0.2) is 4.99 Å². The highest BCUT2D eigenvalue weighted by molar-refractivity contribution is 5.72. The van der Waals surface area contributed by atoms with Crippen molar-refractivity contribution < 1.29 is 4.79 Å². The smallest absolute Gasteiger partial charge is 0.219 e. The molecule has 0 aromatic heterocycles. The predicted molar refractivity (Wildman–Crippen MR) is 59.5 cm³/mol. The summed E-state index contributed by atoms with van der Waals surface area (Å²) in [5, 5.41) is 3.26. The summed E-state index contributed by atoms with van der Waals surface area (Å²) < 4.78 is 0. The largest absolute Gasteiger partial charge is 0.346 e. The van der Waals surface area contributed by atoms with Gasteiger partial charge in [0, 0.05) is 26.6 Å². The lowest BCUT2D eigenvalue weighted by molar-refractivity contribution is -0.127. The Morgan fingerprint density at radius 3 is 2.57 bits per heavy atom. The summed E-state index contributed by atoms with van der Waals surface area (Å²) in [6, 6.07) is 0.345. The fraction of sp³-hybridized carbons (Fsp3) is 0.800. The lowest BCUT2D eigenvalue weighted by atomic mass is 10.2. The van der Waals surface area contributed by atoms with E-state index >= 15 is 0 Å². The van der Waals surface area contributed by atoms with Gasteiger partial charge in [-0.3, -0.25) is 15.1 Å². The predicted octanol–water partition coefficient (Wildman–Crippen LogP) is 0.879. The van der Waals surface area contributed by atoms with Gasteiger partial charge in [0.15, 0.2) is 0 Å². The number of hydrogen-bond donors (Lipinski definition) is 1. The molecule has 0 saturated carbocycles. The molecular formula is C10H21N3O. The standard InChI is InChI=1S/C10H21N3O/c1-8(12-9(2)11-4)6-7-13(5)10(3)14/h8-9,12H,4,6-7H2,1-3,5H3. The van der Waals surface area contributed by atoms with Gasteiger partial charge < -0.3 is 4.90 Å². The Labute approximate surface area is 86.4 Å². The number of carbonyl (C=O) groups excluding carboxylic acids is 1. The van der Waals surface area contributed by atoms with Gasteiger partial charge in [0.1, 0.15) is 0 Å². The molecule has 2 unspecified atom stereocenters. The second-order valence-electron chi connectivity index (χ2n) is 3.66. The number of hydrogen-bond acceptors (Lipinski definition) is 3. The molecule has 0 rings (SSSR count). The molecule has 0 aliphatic heterocycles. The highest BCUT2D eigenvalue weighted by Gasteiger charge is 2.07. The van der Waals surface area contributed by atoms with Gasteiger partial charge in [0.05, 0.1) is 6.17 Å². The third kappa shape index (κ3) is 5.70. The highest BCUT2D eigenvalue weighted by Crippen LogP contribution is 1.96. The first-order valence-corrected chi connectivity index (χ1v) is 4.91. The SMILES string of the molecule is C=NC(C)NC(C)CCN(C)C(C)=O. The molecular weight excluding hydrogens is 178 g/mol. The van der Waals surface area contributed by atoms with Crippen molar-refractivity contribution in [2.75, 3.05) is 13.6 Å². The van der Waals surface area contributed by atoms with Crippen molar-refractivity contribution in [2.45, 2.75) is 39.4 Å². The number of amides is 1. The number of rotatable bonds is 6. The van der Waals surface area contributed by atoms with E-state index < -0.39 is 0 Å². The third-order valence-corrected chi connectivity index (χ3v) is 2.23. The Morgan fingerprint density at radius 2 is 2.14 bits per heavy atom. The zero-order valence-electron chi connectivity index (χ0n) is 9.58. The minimum atomic E-state index is 0.0765. The van der Waals surface area contributed by atoms with Crippen molar-refractivity contribution in [1.29, 1.82) is 0 Å². The van der Waals surface area contributed by atoms with Crippen LogP contribution >= 0.6 is 0 Å². The molecule has 14 heavy (non-hydrogen) atoms. The van der Waals surface area contributed by atoms with E-state index in [1.165, 1.54) is 0 Å². The Hall–Kier alpha value is -0.900. The van der Waals surface area contributed by atoms with Crippen molar-refractivity contribution in [1.82, 2.24) is 10.2 Å². The molecule has 1 amide bonds. The van der Waals surface area contributed by atoms with Crippen molar-refractivity contribution in [2.24, 2.45) is 4.99 Å². The van der Waals surface area contributed by atoms with E-state index in [0.29, 0.717) is 6.04 Å². The number of nitrogens with one attached hydrogen (secondary N) is 1. The van der Waals surface area contributed by atoms with Crippen LogP contribution in [0.4, 0.5) is 0 Å². The zero-order valence-corrected chi connectivity index (χ0v) is 9.58. The first-order chi connectivity index (χ1) is 6.47. The molecule has 0 bridgehead atoms. The van der Waals surface area contributed by atoms with Crippen LogP contribution in [-0.4, -0.2) is 43.3 Å². The molecule has 4 nitrogen and oxygen atoms in total. The van der Waals surface area contributed by atoms with E-state index in [-0.39, 0.29) is 12.1 Å². The monoisotopic (exact) mass is 199 g/mol. The Balaban J connectivity index is 3.68. The molecule has 0 heterocycles. The average molecular weight is 199 g/mol. The maximum Gasteiger partial charge on any atom is 0.219 e. The molecule has 1 N–H and O–H groups in total. The van der Waals surface area contributed by atoms with Crippen LogP contribution in [0.25, 0.3) is 0 Å². The molecule has 0 spiro atoms. The topological polar surface area (TPSA) is 44.7 Å². The van der Waals surface area contributed by atoms with Crippen molar-refractivity contribution in [3.63, 3.8) is 0 Å². The van der Waals surface area contributed by atoms with E-state index in [2.05, 4.69) is 24.0 Å². The van der Waals surface area contributed by atoms with Crippen LogP contribution in [0.2, 0.25) is 0 Å². The van der Waals surface area contributed by atoms with Gasteiger partial charge in [-0.1, -0.05) is 0 Å². The minimum absolute atomic E-state index is 0.0765. The second-order valence-corrected chi connectivity index (χ2v) is 3.66. The Morgan fingerprint density at radius 1 is 1.57 bits per heavy atom. The summed E-state index contributed by atoms with van der Waals surface area (Å²) in [5.41, 5.74) is 0. The molecule has 0 aliphatic rings. The summed E-state index contributed by atoms with van der Waals surface area (Å²) in [7, 11) is 1.81. The summed E-state index contributed by atoms with van der Waals surface area (Å²) in [6.45, 7) is 9.84. The fourth-order valence-corrected chi connectivity index (χ4v) is 1.09. The average Bonchev–Trinajstić information content (AvgIpc) is 2.13. The van der Waals surface area contributed by atoms with E-state index in [1.54, 1.807) is 11.8 Å². The number of carbonyl (C=O) groups is 1. The maximum atomic E-state index is 10.9. The van der Waals surface area contributed by atoms with Gasteiger partial charge in [0.25, 0.3) is 0 Å². The van der Waals surface area contributed by atoms with Crippen LogP contribution in [0, 0.1) is 0 Å². The Bertz CT molecular complexity index is 194. The molecule has 0 aliphatic carbocycles. The molecule has 0 radical (unpaired) electrons. The van der Waals surface area contributed by atoms with Crippen LogP contribution in [0.1, 0.15) is 27.2 Å². The van der Waals surface area contributed by atoms with Crippen LogP contribution < -0.4 is 5.32 Å². The van der Waals surface area contributed by atoms with E-state index in [1.807, 2.05) is 14.0 Å². The quantitative estimate of drug-likeness (QED) is 0.645. The van der Waals surface area contributed by atoms with Crippen LogP contribution in [-0.2, 0) is 4.79 Å². The van der Waals surface area contributed by atoms with Crippen molar-refractivity contribution >= 4 is 12.6 Å². The van der Waals surface area contributed by atoms with Gasteiger partial charge in [-0.2, -0.15) is 0 Å². The summed E-state index contributed by atoms with van der Waals surface area (Å²) in [6.07, 6.45) is 1.00. The third-order valence-electron chi connectivity index (χ3n) is 2.23. The van der Waals surface area contributed by atoms with E-state index in [0.717, 1.165) is 13.0 Å². The molecule has 0 aromatic rings. The fourth-order valence-electron chi connectivity index (χ4n) is 1.09. The van der Waals surface area contributed by atoms with Gasteiger partial charge >= 0.3 is 0 Å². The molecule has 0 fully saturated rings. The summed E-state index contributed by atoms with van der Waals surface area (Å²) >= 11 is 0. The molecule has 2 atom stereocenters. The van der Waals surface area contributed by atoms with Gasteiger partial charge in [-0.05, 0) is 27.0 Å². The molecule has 0 aromatic carbocycles. The van der Waals surface area contributed by atoms with Crippen LogP contribution in [0.3, 0.4) is 0 Å². The molecule has 82 valence electrons. The minimum Gasteiger partial charge on any atom is -0.346 e. The maximum absolute atomic E-state index is 10.9. The van der Waals surface area contributed by atoms with Gasteiger partial charge in [0.2, 0.25) is 5.91 Å². The van der Waals surface area contributed by atoms with Crippen molar-refractivity contribution in [3.05, 3.63) is 0 Å². The second kappa shape index (κ2) is 6.54. The van der Waals surface area contributed by atoms with Crippen molar-refractivity contribution in [3.8, 4) is 0 Å². The van der Waals surface area contributed by atoms with E-state index in [9.17, 15) is 4.79 Å².